The quantitative estimate of drug-likeness (QED) is 0.682. The predicted octanol–water partition coefficient (Wildman–Crippen LogP) is 4.68. The Hall–Kier alpha value is -2.35. The number of halogens is 4. The SMILES string of the molecule is Cc1nc2ccc(C(F)(F)F)cn2c1C(=O)Nc1ccccc1Br. The van der Waals surface area contributed by atoms with Gasteiger partial charge in [0.25, 0.3) is 5.91 Å². The molecule has 0 aliphatic carbocycles. The molecular formula is C16H11BrF3N3O. The summed E-state index contributed by atoms with van der Waals surface area (Å²) in [7, 11) is 0. The number of amides is 1. The number of aryl methyl sites for hydroxylation is 1. The minimum atomic E-state index is -4.50. The van der Waals surface area contributed by atoms with Crippen LogP contribution >= 0.6 is 15.9 Å². The summed E-state index contributed by atoms with van der Waals surface area (Å²) in [5.41, 5.74) is 0.356. The van der Waals surface area contributed by atoms with Gasteiger partial charge in [0, 0.05) is 10.7 Å². The van der Waals surface area contributed by atoms with Crippen LogP contribution in [0.15, 0.2) is 47.1 Å². The Labute approximate surface area is 143 Å². The van der Waals surface area contributed by atoms with E-state index < -0.39 is 17.6 Å². The third-order valence-corrected chi connectivity index (χ3v) is 4.15. The maximum atomic E-state index is 12.9. The summed E-state index contributed by atoms with van der Waals surface area (Å²) >= 11 is 3.31. The number of pyridine rings is 1. The average molecular weight is 398 g/mol. The fraction of sp³-hybridized carbons (Fsp3) is 0.125. The van der Waals surface area contributed by atoms with Crippen LogP contribution in [-0.4, -0.2) is 15.3 Å². The van der Waals surface area contributed by atoms with Crippen molar-refractivity contribution in [2.24, 2.45) is 0 Å². The number of aromatic nitrogens is 2. The van der Waals surface area contributed by atoms with Gasteiger partial charge in [-0.3, -0.25) is 9.20 Å². The fourth-order valence-electron chi connectivity index (χ4n) is 2.35. The number of para-hydroxylation sites is 1. The van der Waals surface area contributed by atoms with Gasteiger partial charge in [0.1, 0.15) is 11.3 Å². The van der Waals surface area contributed by atoms with Gasteiger partial charge in [0.15, 0.2) is 0 Å². The minimum Gasteiger partial charge on any atom is -0.320 e. The number of nitrogens with zero attached hydrogens (tertiary/aromatic N) is 2. The molecule has 0 fully saturated rings. The summed E-state index contributed by atoms with van der Waals surface area (Å²) in [6.45, 7) is 1.58. The average Bonchev–Trinajstić information content (AvgIpc) is 2.83. The second-order valence-electron chi connectivity index (χ2n) is 5.12. The first kappa shape index (κ1) is 16.5. The summed E-state index contributed by atoms with van der Waals surface area (Å²) in [6.07, 6.45) is -3.62. The molecule has 1 N–H and O–H groups in total. The third kappa shape index (κ3) is 3.01. The van der Waals surface area contributed by atoms with Crippen molar-refractivity contribution >= 4 is 33.2 Å². The van der Waals surface area contributed by atoms with E-state index in [1.165, 1.54) is 6.07 Å². The molecule has 0 radical (unpaired) electrons. The van der Waals surface area contributed by atoms with Crippen LogP contribution in [0.4, 0.5) is 18.9 Å². The van der Waals surface area contributed by atoms with Gasteiger partial charge in [-0.2, -0.15) is 13.2 Å². The zero-order chi connectivity index (χ0) is 17.5. The van der Waals surface area contributed by atoms with Gasteiger partial charge in [0.05, 0.1) is 16.9 Å². The molecule has 2 heterocycles. The largest absolute Gasteiger partial charge is 0.417 e. The van der Waals surface area contributed by atoms with Gasteiger partial charge in [0.2, 0.25) is 0 Å². The molecule has 0 unspecified atom stereocenters. The number of rotatable bonds is 2. The van der Waals surface area contributed by atoms with E-state index in [1.807, 2.05) is 0 Å². The molecule has 1 aromatic carbocycles. The van der Waals surface area contributed by atoms with Crippen LogP contribution in [0, 0.1) is 6.92 Å². The third-order valence-electron chi connectivity index (χ3n) is 3.46. The number of carbonyl (C=O) groups is 1. The highest BCUT2D eigenvalue weighted by Gasteiger charge is 2.31. The number of hydrogen-bond acceptors (Lipinski definition) is 2. The highest BCUT2D eigenvalue weighted by atomic mass is 79.9. The molecule has 24 heavy (non-hydrogen) atoms. The smallest absolute Gasteiger partial charge is 0.320 e. The van der Waals surface area contributed by atoms with Gasteiger partial charge >= 0.3 is 6.18 Å². The molecule has 0 atom stereocenters. The monoisotopic (exact) mass is 397 g/mol. The van der Waals surface area contributed by atoms with E-state index in [4.69, 9.17) is 0 Å². The molecule has 3 aromatic rings. The van der Waals surface area contributed by atoms with Gasteiger partial charge < -0.3 is 5.32 Å². The van der Waals surface area contributed by atoms with E-state index in [0.717, 1.165) is 16.7 Å². The number of carbonyl (C=O) groups excluding carboxylic acids is 1. The maximum absolute atomic E-state index is 12.9. The fourth-order valence-corrected chi connectivity index (χ4v) is 2.73. The van der Waals surface area contributed by atoms with Crippen molar-refractivity contribution in [3.8, 4) is 0 Å². The van der Waals surface area contributed by atoms with Crippen molar-refractivity contribution in [2.45, 2.75) is 13.1 Å². The standard InChI is InChI=1S/C16H11BrF3N3O/c1-9-14(15(24)22-12-5-3-2-4-11(12)17)23-8-10(16(18,19)20)6-7-13(23)21-9/h2-8H,1H3,(H,22,24). The van der Waals surface area contributed by atoms with E-state index in [1.54, 1.807) is 31.2 Å². The molecule has 0 saturated carbocycles. The van der Waals surface area contributed by atoms with Crippen molar-refractivity contribution in [3.63, 3.8) is 0 Å². The van der Waals surface area contributed by atoms with Crippen molar-refractivity contribution in [2.75, 3.05) is 5.32 Å². The van der Waals surface area contributed by atoms with Crippen molar-refractivity contribution in [1.82, 2.24) is 9.38 Å². The van der Waals surface area contributed by atoms with Gasteiger partial charge in [-0.1, -0.05) is 12.1 Å². The second-order valence-corrected chi connectivity index (χ2v) is 5.98. The van der Waals surface area contributed by atoms with E-state index >= 15 is 0 Å². The Kier molecular flexibility index (Phi) is 4.08. The van der Waals surface area contributed by atoms with Crippen LogP contribution in [0.25, 0.3) is 5.65 Å². The molecule has 4 nitrogen and oxygen atoms in total. The van der Waals surface area contributed by atoms with Crippen LogP contribution in [0.3, 0.4) is 0 Å². The first-order valence-corrected chi connectivity index (χ1v) is 7.68. The molecule has 8 heteroatoms. The summed E-state index contributed by atoms with van der Waals surface area (Å²) < 4.78 is 40.6. The van der Waals surface area contributed by atoms with Crippen molar-refractivity contribution in [1.29, 1.82) is 0 Å². The molecule has 0 aliphatic heterocycles. The number of nitrogens with one attached hydrogen (secondary N) is 1. The summed E-state index contributed by atoms with van der Waals surface area (Å²) in [5, 5.41) is 2.68. The lowest BCUT2D eigenvalue weighted by Crippen LogP contribution is -2.16. The van der Waals surface area contributed by atoms with Crippen LogP contribution in [0.5, 0.6) is 0 Å². The van der Waals surface area contributed by atoms with E-state index in [-0.39, 0.29) is 11.3 Å². The van der Waals surface area contributed by atoms with Crippen LogP contribution in [0.2, 0.25) is 0 Å². The minimum absolute atomic E-state index is 0.0619. The molecule has 2 aromatic heterocycles. The zero-order valence-corrected chi connectivity index (χ0v) is 13.9. The first-order chi connectivity index (χ1) is 11.3. The summed E-state index contributed by atoms with van der Waals surface area (Å²) in [4.78, 5) is 16.7. The van der Waals surface area contributed by atoms with Crippen LogP contribution in [-0.2, 0) is 6.18 Å². The molecule has 0 bridgehead atoms. The molecule has 0 spiro atoms. The highest BCUT2D eigenvalue weighted by molar-refractivity contribution is 9.10. The molecular weight excluding hydrogens is 387 g/mol. The number of anilines is 1. The normalized spacial score (nSPS) is 11.7. The van der Waals surface area contributed by atoms with E-state index in [9.17, 15) is 18.0 Å². The molecule has 0 aliphatic rings. The molecule has 0 saturated heterocycles. The Morgan fingerprint density at radius 2 is 1.92 bits per heavy atom. The van der Waals surface area contributed by atoms with Gasteiger partial charge in [-0.15, -0.1) is 0 Å². The predicted molar refractivity (Wildman–Crippen MR) is 87.0 cm³/mol. The Bertz CT molecular complexity index is 934. The molecule has 1 amide bonds. The lowest BCUT2D eigenvalue weighted by Gasteiger charge is -2.10. The molecule has 3 rings (SSSR count). The summed E-state index contributed by atoms with van der Waals surface area (Å²) in [6, 6.07) is 9.14. The Morgan fingerprint density at radius 3 is 2.58 bits per heavy atom. The number of hydrogen-bond donors (Lipinski definition) is 1. The van der Waals surface area contributed by atoms with Crippen LogP contribution < -0.4 is 5.32 Å². The molecule has 124 valence electrons. The van der Waals surface area contributed by atoms with Gasteiger partial charge in [-0.05, 0) is 47.1 Å². The zero-order valence-electron chi connectivity index (χ0n) is 12.4. The Balaban J connectivity index is 2.06. The van der Waals surface area contributed by atoms with Crippen molar-refractivity contribution in [3.05, 3.63) is 64.0 Å². The van der Waals surface area contributed by atoms with Gasteiger partial charge in [-0.25, -0.2) is 4.98 Å². The van der Waals surface area contributed by atoms with Crippen LogP contribution in [0.1, 0.15) is 21.7 Å². The van der Waals surface area contributed by atoms with E-state index in [0.29, 0.717) is 15.9 Å². The maximum Gasteiger partial charge on any atom is 0.417 e. The number of benzene rings is 1. The Morgan fingerprint density at radius 1 is 1.21 bits per heavy atom. The number of alkyl halides is 3. The number of imidazole rings is 1. The highest BCUT2D eigenvalue weighted by Crippen LogP contribution is 2.30. The topological polar surface area (TPSA) is 46.4 Å². The summed E-state index contributed by atoms with van der Waals surface area (Å²) in [5.74, 6) is -0.536. The first-order valence-electron chi connectivity index (χ1n) is 6.89. The van der Waals surface area contributed by atoms with E-state index in [2.05, 4.69) is 26.2 Å². The van der Waals surface area contributed by atoms with Crippen molar-refractivity contribution < 1.29 is 18.0 Å². The lowest BCUT2D eigenvalue weighted by atomic mass is 10.2. The second kappa shape index (κ2) is 5.94. The number of fused-ring (bicyclic) bond motifs is 1. The lowest BCUT2D eigenvalue weighted by molar-refractivity contribution is -0.137.